The van der Waals surface area contributed by atoms with Crippen LogP contribution in [0.15, 0.2) is 165 Å². The highest BCUT2D eigenvalue weighted by molar-refractivity contribution is 8.01. The van der Waals surface area contributed by atoms with Crippen molar-refractivity contribution in [3.05, 3.63) is 178 Å². The summed E-state index contributed by atoms with van der Waals surface area (Å²) in [7, 11) is 5.43. The van der Waals surface area contributed by atoms with E-state index in [0.717, 1.165) is 28.5 Å². The number of aromatic nitrogens is 5. The first-order chi connectivity index (χ1) is 41.8. The molecule has 22 nitrogen and oxygen atoms in total. The number of ether oxygens (including phenoxy) is 5. The zero-order chi connectivity index (χ0) is 61.8. The number of oxime groups is 1. The van der Waals surface area contributed by atoms with E-state index in [-0.39, 0.29) is 45.9 Å². The Hall–Kier alpha value is -8.56. The minimum absolute atomic E-state index is 0.00578. The molecule has 2 amide bonds. The van der Waals surface area contributed by atoms with Crippen molar-refractivity contribution in [3.63, 3.8) is 0 Å². The Labute approximate surface area is 518 Å². The zero-order valence-electron chi connectivity index (χ0n) is 48.7. The van der Waals surface area contributed by atoms with E-state index in [1.807, 2.05) is 110 Å². The van der Waals surface area contributed by atoms with E-state index in [1.165, 1.54) is 71.8 Å². The van der Waals surface area contributed by atoms with Crippen LogP contribution < -0.4 is 24.8 Å². The fraction of sp³-hybridized carbons (Fsp3) is 0.295. The number of carbonyl (C=O) groups is 6. The molecule has 5 aromatic carbocycles. The largest absolute Gasteiger partial charge is 0.497 e. The van der Waals surface area contributed by atoms with Crippen LogP contribution in [-0.2, 0) is 61.8 Å². The molecule has 87 heavy (non-hydrogen) atoms. The van der Waals surface area contributed by atoms with Gasteiger partial charge < -0.3 is 44.1 Å². The second-order valence-electron chi connectivity index (χ2n) is 20.8. The summed E-state index contributed by atoms with van der Waals surface area (Å²) in [6.45, 7) is 8.42. The number of hydrogen-bond donors (Lipinski definition) is 2. The lowest BCUT2D eigenvalue weighted by Gasteiger charge is -2.49. The molecule has 0 aliphatic carbocycles. The van der Waals surface area contributed by atoms with Crippen LogP contribution in [0.3, 0.4) is 0 Å². The van der Waals surface area contributed by atoms with Crippen molar-refractivity contribution in [2.45, 2.75) is 85.8 Å². The molecule has 452 valence electrons. The summed E-state index contributed by atoms with van der Waals surface area (Å²) in [6.07, 6.45) is 0. The molecule has 4 heterocycles. The molecule has 2 N–H and O–H groups in total. The number of methoxy groups -OCH3 is 1. The van der Waals surface area contributed by atoms with Gasteiger partial charge >= 0.3 is 23.9 Å². The number of tetrazole rings is 1. The van der Waals surface area contributed by atoms with Crippen LogP contribution in [0.1, 0.15) is 62.6 Å². The van der Waals surface area contributed by atoms with Crippen LogP contribution in [0.5, 0.6) is 17.2 Å². The van der Waals surface area contributed by atoms with Crippen LogP contribution in [0.4, 0.5) is 5.13 Å². The smallest absolute Gasteiger partial charge is 0.361 e. The first kappa shape index (κ1) is 63.0. The van der Waals surface area contributed by atoms with Crippen molar-refractivity contribution in [1.82, 2.24) is 40.3 Å². The van der Waals surface area contributed by atoms with Crippen molar-refractivity contribution in [1.29, 1.82) is 0 Å². The van der Waals surface area contributed by atoms with Gasteiger partial charge in [0.15, 0.2) is 22.3 Å². The van der Waals surface area contributed by atoms with E-state index in [0.29, 0.717) is 40.3 Å². The number of β-lactam (4-membered cyclic amide) rings is 1. The molecule has 0 saturated carbocycles. The summed E-state index contributed by atoms with van der Waals surface area (Å²) >= 11 is 4.60. The van der Waals surface area contributed by atoms with E-state index in [4.69, 9.17) is 33.5 Å². The highest BCUT2D eigenvalue weighted by Crippen LogP contribution is 2.44. The number of hydrogen-bond acceptors (Lipinski definition) is 23. The molecule has 0 unspecified atom stereocenters. The monoisotopic (exact) mass is 1250 g/mol. The molecule has 3 atom stereocenters. The highest BCUT2D eigenvalue weighted by atomic mass is 32.2. The second-order valence-corrected chi connectivity index (χ2v) is 24.9. The third-order valence-electron chi connectivity index (χ3n) is 13.1. The van der Waals surface area contributed by atoms with Gasteiger partial charge in [-0.05, 0) is 103 Å². The normalized spacial score (nSPS) is 15.4. The van der Waals surface area contributed by atoms with Crippen molar-refractivity contribution < 1.29 is 57.3 Å². The lowest BCUT2D eigenvalue weighted by Crippen LogP contribution is -2.71. The molecule has 2 aliphatic rings. The highest BCUT2D eigenvalue weighted by Gasteiger charge is 2.55. The van der Waals surface area contributed by atoms with Crippen molar-refractivity contribution in [2.75, 3.05) is 44.6 Å². The van der Waals surface area contributed by atoms with Gasteiger partial charge in [0.1, 0.15) is 46.3 Å². The predicted octanol–water partition coefficient (Wildman–Crippen LogP) is 8.32. The minimum Gasteiger partial charge on any atom is -0.497 e. The maximum Gasteiger partial charge on any atom is 0.361 e. The predicted molar refractivity (Wildman–Crippen MR) is 329 cm³/mol. The topological polar surface area (TPSA) is 257 Å². The van der Waals surface area contributed by atoms with Gasteiger partial charge in [0.2, 0.25) is 5.16 Å². The fourth-order valence-corrected chi connectivity index (χ4v) is 13.1. The summed E-state index contributed by atoms with van der Waals surface area (Å²) in [5.74, 6) is -3.65. The standard InChI is InChI=1S/C61H62N10O12S4/c1-37(72)80-47-29-28-45(32-48(47)81-38(2)73)87-57(56(77)82-60(3,4)5)83-66-49(46-36-85-58(62-46)64-61(41-18-12-9-13-19-41,42-20-14-10-15-21-42)43-22-16-11-17-23-43)52(74)63-50-53(75)71-51(55(76)79-33-39-24-26-44(78-8)27-25-39)40(34-84-54(50)71)35-86-59-65-67-68-70(59)31-30-69(6)7/h9-29,32,36,50,54,57H,30-31,33-35H2,1-8H3,(H,62,64)(H,63,74)/b66-49-/t50-,54+,57-/m1/s1. The van der Waals surface area contributed by atoms with Gasteiger partial charge in [-0.2, -0.15) is 0 Å². The number of fused-ring (bicyclic) bond motifs is 1. The number of benzene rings is 5. The summed E-state index contributed by atoms with van der Waals surface area (Å²) < 4.78 is 29.3. The summed E-state index contributed by atoms with van der Waals surface area (Å²) in [5, 5.41) is 24.9. The Kier molecular flexibility index (Phi) is 20.5. The number of thioether (sulfide) groups is 3. The average Bonchev–Trinajstić information content (AvgIpc) is 1.14. The van der Waals surface area contributed by atoms with E-state index < -0.39 is 69.4 Å². The summed E-state index contributed by atoms with van der Waals surface area (Å²) in [5.41, 5.74) is -0.229. The average molecular weight is 1260 g/mol. The van der Waals surface area contributed by atoms with Gasteiger partial charge in [0, 0.05) is 42.2 Å². The summed E-state index contributed by atoms with van der Waals surface area (Å²) in [6, 6.07) is 39.5. The van der Waals surface area contributed by atoms with Crippen molar-refractivity contribution in [2.24, 2.45) is 5.16 Å². The SMILES string of the molecule is COc1ccc(COC(=O)C2=C(CSc3nnnn3CCN(C)C)CS[C@H]3[C@H](NC(=O)/C(=N\O[C@H](Sc4ccc(OC(C)=O)c(OC(C)=O)c4)C(=O)OC(C)(C)C)c4csc(NC(c5ccccc5)(c5ccccc5)c5ccccc5)n4)C(=O)N23)cc1. The Morgan fingerprint density at radius 3 is 2.07 bits per heavy atom. The molecular weight excluding hydrogens is 1190 g/mol. The molecule has 1 saturated heterocycles. The maximum atomic E-state index is 15.2. The second kappa shape index (κ2) is 28.3. The number of anilines is 1. The van der Waals surface area contributed by atoms with E-state index >= 15 is 4.79 Å². The van der Waals surface area contributed by atoms with Crippen molar-refractivity contribution in [3.8, 4) is 17.2 Å². The number of nitrogens with one attached hydrogen (secondary N) is 2. The van der Waals surface area contributed by atoms with Gasteiger partial charge in [-0.1, -0.05) is 132 Å². The number of rotatable bonds is 25. The van der Waals surface area contributed by atoms with Gasteiger partial charge in [0.05, 0.1) is 13.7 Å². The summed E-state index contributed by atoms with van der Waals surface area (Å²) in [4.78, 5) is 97.4. The van der Waals surface area contributed by atoms with Gasteiger partial charge in [-0.15, -0.1) is 28.2 Å². The molecule has 0 bridgehead atoms. The molecular formula is C61H62N10O12S4. The Morgan fingerprint density at radius 2 is 1.47 bits per heavy atom. The van der Waals surface area contributed by atoms with Gasteiger partial charge in [-0.3, -0.25) is 24.1 Å². The number of likely N-dealkylation sites (N-methyl/N-ethyl adjacent to an activating group) is 1. The van der Waals surface area contributed by atoms with E-state index in [1.54, 1.807) is 62.2 Å². The molecule has 9 rings (SSSR count). The van der Waals surface area contributed by atoms with E-state index in [9.17, 15) is 24.0 Å². The third-order valence-corrected chi connectivity index (χ3v) is 17.2. The molecule has 0 spiro atoms. The van der Waals surface area contributed by atoms with Crippen LogP contribution in [0, 0.1) is 0 Å². The number of amides is 2. The quantitative estimate of drug-likeness (QED) is 0.00796. The van der Waals surface area contributed by atoms with Crippen LogP contribution in [-0.4, -0.2) is 138 Å². The zero-order valence-corrected chi connectivity index (χ0v) is 51.9. The number of nitrogens with zero attached hydrogens (tertiary/aromatic N) is 8. The van der Waals surface area contributed by atoms with Crippen LogP contribution in [0.25, 0.3) is 0 Å². The van der Waals surface area contributed by atoms with Gasteiger partial charge in [-0.25, -0.2) is 19.3 Å². The van der Waals surface area contributed by atoms with Crippen LogP contribution in [0.2, 0.25) is 0 Å². The molecule has 7 aromatic rings. The van der Waals surface area contributed by atoms with Crippen LogP contribution >= 0.6 is 46.6 Å². The maximum absolute atomic E-state index is 15.2. The molecule has 26 heteroatoms. The van der Waals surface area contributed by atoms with E-state index in [2.05, 4.69) is 31.3 Å². The molecule has 1 fully saturated rings. The lowest BCUT2D eigenvalue weighted by atomic mass is 9.77. The van der Waals surface area contributed by atoms with Gasteiger partial charge in [0.25, 0.3) is 17.3 Å². The van der Waals surface area contributed by atoms with Crippen molar-refractivity contribution >= 4 is 93.2 Å². The first-order valence-corrected chi connectivity index (χ1v) is 31.0. The number of esters is 4. The first-order valence-electron chi connectivity index (χ1n) is 27.2. The molecule has 2 aromatic heterocycles. The molecule has 2 aliphatic heterocycles. The molecule has 0 radical (unpaired) electrons. The third kappa shape index (κ3) is 15.5. The minimum atomic E-state index is -1.64. The Bertz CT molecular complexity index is 3580. The Balaban J connectivity index is 1.07. The number of carbonyl (C=O) groups excluding carboxylic acids is 6. The lowest BCUT2D eigenvalue weighted by molar-refractivity contribution is -0.162. The fourth-order valence-electron chi connectivity index (χ4n) is 9.13. The Morgan fingerprint density at radius 1 is 0.839 bits per heavy atom. The number of thiazole rings is 1.